The van der Waals surface area contributed by atoms with Gasteiger partial charge in [-0.3, -0.25) is 4.79 Å². The minimum absolute atomic E-state index is 0. The zero-order chi connectivity index (χ0) is 11.4. The first-order chi connectivity index (χ1) is 7.06. The number of hydrogen-bond acceptors (Lipinski definition) is 2. The predicted molar refractivity (Wildman–Crippen MR) is 70.1 cm³/mol. The largest absolute Gasteiger partial charge is 0.320 e. The second-order valence-electron chi connectivity index (χ2n) is 3.71. The van der Waals surface area contributed by atoms with Gasteiger partial charge in [0.2, 0.25) is 5.91 Å². The third-order valence-electron chi connectivity index (χ3n) is 2.29. The number of nitrogens with two attached hydrogens (primary N) is 1. The fourth-order valence-corrected chi connectivity index (χ4v) is 1.51. The van der Waals surface area contributed by atoms with Crippen molar-refractivity contribution in [2.75, 3.05) is 11.4 Å². The molecule has 0 aliphatic carbocycles. The quantitative estimate of drug-likeness (QED) is 0.883. The van der Waals surface area contributed by atoms with Crippen LogP contribution < -0.4 is 10.6 Å². The Kier molecular flexibility index (Phi) is 6.08. The van der Waals surface area contributed by atoms with E-state index in [0.717, 1.165) is 11.3 Å². The van der Waals surface area contributed by atoms with Crippen LogP contribution in [0.1, 0.15) is 19.4 Å². The third kappa shape index (κ3) is 3.51. The van der Waals surface area contributed by atoms with E-state index in [1.165, 1.54) is 0 Å². The molecule has 1 atom stereocenters. The molecule has 16 heavy (non-hydrogen) atoms. The Morgan fingerprint density at radius 3 is 2.56 bits per heavy atom. The van der Waals surface area contributed by atoms with E-state index in [9.17, 15) is 4.79 Å². The topological polar surface area (TPSA) is 46.3 Å². The van der Waals surface area contributed by atoms with Crippen molar-refractivity contribution in [3.8, 4) is 0 Å². The molecule has 0 aliphatic rings. The molecule has 1 amide bonds. The summed E-state index contributed by atoms with van der Waals surface area (Å²) in [7, 11) is 0. The van der Waals surface area contributed by atoms with Crippen LogP contribution >= 0.6 is 12.4 Å². The molecule has 0 fully saturated rings. The maximum atomic E-state index is 11.8. The lowest BCUT2D eigenvalue weighted by atomic mass is 10.2. The summed E-state index contributed by atoms with van der Waals surface area (Å²) in [5, 5.41) is 0. The maximum Gasteiger partial charge on any atom is 0.243 e. The molecule has 4 heteroatoms. The van der Waals surface area contributed by atoms with Crippen molar-refractivity contribution < 1.29 is 4.79 Å². The minimum atomic E-state index is -0.453. The van der Waals surface area contributed by atoms with E-state index in [2.05, 4.69) is 0 Å². The van der Waals surface area contributed by atoms with E-state index in [4.69, 9.17) is 5.73 Å². The summed E-state index contributed by atoms with van der Waals surface area (Å²) < 4.78 is 0. The van der Waals surface area contributed by atoms with Crippen molar-refractivity contribution in [2.45, 2.75) is 26.8 Å². The number of anilines is 1. The molecule has 0 unspecified atom stereocenters. The van der Waals surface area contributed by atoms with Gasteiger partial charge in [0, 0.05) is 12.2 Å². The van der Waals surface area contributed by atoms with Gasteiger partial charge in [0.25, 0.3) is 0 Å². The van der Waals surface area contributed by atoms with Gasteiger partial charge in [-0.15, -0.1) is 12.4 Å². The average molecular weight is 243 g/mol. The van der Waals surface area contributed by atoms with Crippen molar-refractivity contribution in [1.29, 1.82) is 0 Å². The van der Waals surface area contributed by atoms with Crippen LogP contribution in [0.3, 0.4) is 0 Å². The number of amides is 1. The summed E-state index contributed by atoms with van der Waals surface area (Å²) >= 11 is 0. The van der Waals surface area contributed by atoms with Crippen LogP contribution in [0.2, 0.25) is 0 Å². The molecule has 0 aromatic heterocycles. The second-order valence-corrected chi connectivity index (χ2v) is 3.71. The molecule has 1 aromatic rings. The molecule has 90 valence electrons. The van der Waals surface area contributed by atoms with Gasteiger partial charge in [-0.1, -0.05) is 12.1 Å². The van der Waals surface area contributed by atoms with Gasteiger partial charge in [-0.05, 0) is 38.5 Å². The Balaban J connectivity index is 0.00000225. The van der Waals surface area contributed by atoms with E-state index >= 15 is 0 Å². The summed E-state index contributed by atoms with van der Waals surface area (Å²) in [6.45, 7) is 6.31. The number of aryl methyl sites for hydroxylation is 1. The van der Waals surface area contributed by atoms with E-state index in [1.807, 2.05) is 38.1 Å². The van der Waals surface area contributed by atoms with Gasteiger partial charge in [0.15, 0.2) is 0 Å². The molecule has 2 N–H and O–H groups in total. The number of likely N-dealkylation sites (N-methyl/N-ethyl adjacent to an activating group) is 1. The van der Waals surface area contributed by atoms with Gasteiger partial charge in [0.1, 0.15) is 0 Å². The molecule has 0 bridgehead atoms. The molecule has 0 aliphatic heterocycles. The molecular formula is C12H19ClN2O. The SMILES string of the molecule is CCN(C(=O)[C@@H](C)N)c1cccc(C)c1.Cl. The first-order valence-electron chi connectivity index (χ1n) is 5.20. The van der Waals surface area contributed by atoms with Crippen LogP contribution in [0.5, 0.6) is 0 Å². The van der Waals surface area contributed by atoms with Crippen molar-refractivity contribution >= 4 is 24.0 Å². The number of hydrogen-bond donors (Lipinski definition) is 1. The van der Waals surface area contributed by atoms with Crippen LogP contribution in [0.4, 0.5) is 5.69 Å². The van der Waals surface area contributed by atoms with E-state index in [0.29, 0.717) is 6.54 Å². The summed E-state index contributed by atoms with van der Waals surface area (Å²) in [6.07, 6.45) is 0. The fourth-order valence-electron chi connectivity index (χ4n) is 1.51. The molecule has 0 saturated heterocycles. The Bertz CT molecular complexity index is 353. The molecule has 3 nitrogen and oxygen atoms in total. The Morgan fingerprint density at radius 1 is 1.50 bits per heavy atom. The highest BCUT2D eigenvalue weighted by Gasteiger charge is 2.17. The predicted octanol–water partition coefficient (Wildman–Crippen LogP) is 2.12. The molecule has 1 rings (SSSR count). The maximum absolute atomic E-state index is 11.8. The minimum Gasteiger partial charge on any atom is -0.320 e. The Labute approximate surface area is 103 Å². The summed E-state index contributed by atoms with van der Waals surface area (Å²) in [4.78, 5) is 13.5. The van der Waals surface area contributed by atoms with Crippen molar-refractivity contribution in [1.82, 2.24) is 0 Å². The first-order valence-corrected chi connectivity index (χ1v) is 5.20. The molecule has 0 radical (unpaired) electrons. The normalized spacial score (nSPS) is 11.5. The molecule has 0 spiro atoms. The average Bonchev–Trinajstić information content (AvgIpc) is 2.18. The Morgan fingerprint density at radius 2 is 2.12 bits per heavy atom. The van der Waals surface area contributed by atoms with Crippen LogP contribution in [-0.2, 0) is 4.79 Å². The van der Waals surface area contributed by atoms with Gasteiger partial charge >= 0.3 is 0 Å². The number of rotatable bonds is 3. The molecule has 1 aromatic carbocycles. The van der Waals surface area contributed by atoms with E-state index < -0.39 is 6.04 Å². The van der Waals surface area contributed by atoms with Crippen LogP contribution in [0, 0.1) is 6.92 Å². The van der Waals surface area contributed by atoms with Crippen LogP contribution in [0.15, 0.2) is 24.3 Å². The number of carbonyl (C=O) groups excluding carboxylic acids is 1. The third-order valence-corrected chi connectivity index (χ3v) is 2.29. The lowest BCUT2D eigenvalue weighted by Gasteiger charge is -2.23. The number of carbonyl (C=O) groups is 1. The summed E-state index contributed by atoms with van der Waals surface area (Å²) in [6, 6.07) is 7.42. The number of benzene rings is 1. The van der Waals surface area contributed by atoms with Crippen molar-refractivity contribution in [3.63, 3.8) is 0 Å². The van der Waals surface area contributed by atoms with E-state index in [1.54, 1.807) is 11.8 Å². The summed E-state index contributed by atoms with van der Waals surface area (Å²) in [5.41, 5.74) is 7.66. The highest BCUT2D eigenvalue weighted by molar-refractivity contribution is 5.96. The van der Waals surface area contributed by atoms with Crippen molar-refractivity contribution in [3.05, 3.63) is 29.8 Å². The lowest BCUT2D eigenvalue weighted by molar-refractivity contribution is -0.119. The van der Waals surface area contributed by atoms with Gasteiger partial charge in [0.05, 0.1) is 6.04 Å². The van der Waals surface area contributed by atoms with E-state index in [-0.39, 0.29) is 18.3 Å². The Hall–Kier alpha value is -1.06. The zero-order valence-corrected chi connectivity index (χ0v) is 10.8. The number of nitrogens with zero attached hydrogens (tertiary/aromatic N) is 1. The van der Waals surface area contributed by atoms with Gasteiger partial charge < -0.3 is 10.6 Å². The van der Waals surface area contributed by atoms with Gasteiger partial charge in [-0.2, -0.15) is 0 Å². The molecule has 0 saturated carbocycles. The van der Waals surface area contributed by atoms with Crippen LogP contribution in [0.25, 0.3) is 0 Å². The highest BCUT2D eigenvalue weighted by atomic mass is 35.5. The molecule has 0 heterocycles. The lowest BCUT2D eigenvalue weighted by Crippen LogP contribution is -2.42. The monoisotopic (exact) mass is 242 g/mol. The number of halogens is 1. The second kappa shape index (κ2) is 6.51. The molecular weight excluding hydrogens is 224 g/mol. The van der Waals surface area contributed by atoms with Crippen molar-refractivity contribution in [2.24, 2.45) is 5.73 Å². The fraction of sp³-hybridized carbons (Fsp3) is 0.417. The van der Waals surface area contributed by atoms with Gasteiger partial charge in [-0.25, -0.2) is 0 Å². The highest BCUT2D eigenvalue weighted by Crippen LogP contribution is 2.16. The standard InChI is InChI=1S/C12H18N2O.ClH/c1-4-14(12(15)10(3)13)11-7-5-6-9(2)8-11;/h5-8,10H,4,13H2,1-3H3;1H/t10-;/m1./s1. The first kappa shape index (κ1) is 14.9. The smallest absolute Gasteiger partial charge is 0.243 e. The summed E-state index contributed by atoms with van der Waals surface area (Å²) in [5.74, 6) is -0.0388. The van der Waals surface area contributed by atoms with Crippen LogP contribution in [-0.4, -0.2) is 18.5 Å². The zero-order valence-electron chi connectivity index (χ0n) is 9.93.